The minimum absolute atomic E-state index is 0.0163. The topological polar surface area (TPSA) is 107 Å². The van der Waals surface area contributed by atoms with E-state index in [1.54, 1.807) is 6.07 Å². The van der Waals surface area contributed by atoms with Crippen LogP contribution < -0.4 is 16.8 Å². The number of carbonyl (C=O) groups is 1. The molecular formula is C17H13ClF3N5O. The Kier molecular flexibility index (Phi) is 4.79. The van der Waals surface area contributed by atoms with E-state index in [1.165, 1.54) is 18.2 Å². The van der Waals surface area contributed by atoms with Crippen molar-refractivity contribution in [2.24, 2.45) is 0 Å². The molecule has 0 saturated carbocycles. The Morgan fingerprint density at radius 1 is 1.15 bits per heavy atom. The van der Waals surface area contributed by atoms with Crippen molar-refractivity contribution < 1.29 is 18.0 Å². The van der Waals surface area contributed by atoms with Crippen molar-refractivity contribution in [2.45, 2.75) is 12.6 Å². The molecule has 0 bridgehead atoms. The fraction of sp³-hybridized carbons (Fsp3) is 0.118. The molecule has 0 saturated heterocycles. The molecule has 3 aromatic rings. The number of nitrogens with one attached hydrogen (secondary N) is 1. The number of hydrogen-bond acceptors (Lipinski definition) is 5. The summed E-state index contributed by atoms with van der Waals surface area (Å²) in [6.07, 6.45) is -4.74. The first-order chi connectivity index (χ1) is 12.6. The third-order valence-corrected chi connectivity index (χ3v) is 4.13. The standard InChI is InChI=1S/C17H13ClF3N5O/c18-14-11(5-4-10-13(14)15(22)26-16(23)25-10)24-12(27)7-8-2-1-3-9(6-8)17(19,20)21/h1-6H,7H2,(H,24,27)(H4,22,23,25,26). The zero-order chi connectivity index (χ0) is 19.8. The maximum atomic E-state index is 12.8. The van der Waals surface area contributed by atoms with Gasteiger partial charge in [0.15, 0.2) is 0 Å². The van der Waals surface area contributed by atoms with Crippen LogP contribution in [-0.4, -0.2) is 15.9 Å². The minimum Gasteiger partial charge on any atom is -0.383 e. The molecule has 1 heterocycles. The molecule has 5 N–H and O–H groups in total. The maximum Gasteiger partial charge on any atom is 0.416 e. The zero-order valence-electron chi connectivity index (χ0n) is 13.6. The first kappa shape index (κ1) is 18.7. The van der Waals surface area contributed by atoms with Crippen LogP contribution in [0, 0.1) is 0 Å². The SMILES string of the molecule is Nc1nc(N)c2c(Cl)c(NC(=O)Cc3cccc(C(F)(F)F)c3)ccc2n1. The van der Waals surface area contributed by atoms with Gasteiger partial charge in [0.05, 0.1) is 33.6 Å². The van der Waals surface area contributed by atoms with Crippen molar-refractivity contribution in [3.05, 3.63) is 52.5 Å². The number of nitrogens with zero attached hydrogens (tertiary/aromatic N) is 2. The molecule has 6 nitrogen and oxygen atoms in total. The molecular weight excluding hydrogens is 383 g/mol. The summed E-state index contributed by atoms with van der Waals surface area (Å²) in [7, 11) is 0. The molecule has 0 spiro atoms. The molecule has 0 aliphatic rings. The first-order valence-electron chi connectivity index (χ1n) is 7.62. The summed E-state index contributed by atoms with van der Waals surface area (Å²) in [6.45, 7) is 0. The molecule has 1 amide bonds. The van der Waals surface area contributed by atoms with E-state index in [2.05, 4.69) is 15.3 Å². The maximum absolute atomic E-state index is 12.8. The zero-order valence-corrected chi connectivity index (χ0v) is 14.4. The monoisotopic (exact) mass is 395 g/mol. The predicted octanol–water partition coefficient (Wildman–Crippen LogP) is 3.65. The van der Waals surface area contributed by atoms with Gasteiger partial charge in [-0.2, -0.15) is 18.2 Å². The quantitative estimate of drug-likeness (QED) is 0.627. The van der Waals surface area contributed by atoms with Crippen LogP contribution in [0.5, 0.6) is 0 Å². The van der Waals surface area contributed by atoms with Crippen molar-refractivity contribution in [1.29, 1.82) is 0 Å². The van der Waals surface area contributed by atoms with Gasteiger partial charge in [-0.1, -0.05) is 29.8 Å². The van der Waals surface area contributed by atoms with Crippen molar-refractivity contribution in [3.63, 3.8) is 0 Å². The Balaban J connectivity index is 1.84. The lowest BCUT2D eigenvalue weighted by Crippen LogP contribution is -2.15. The molecule has 0 unspecified atom stereocenters. The van der Waals surface area contributed by atoms with E-state index in [0.29, 0.717) is 10.9 Å². The minimum atomic E-state index is -4.48. The smallest absolute Gasteiger partial charge is 0.383 e. The summed E-state index contributed by atoms with van der Waals surface area (Å²) in [5.74, 6) is -0.501. The number of anilines is 3. The summed E-state index contributed by atoms with van der Waals surface area (Å²) in [4.78, 5) is 20.1. The highest BCUT2D eigenvalue weighted by Crippen LogP contribution is 2.34. The van der Waals surface area contributed by atoms with E-state index in [0.717, 1.165) is 12.1 Å². The highest BCUT2D eigenvalue weighted by Gasteiger charge is 2.30. The fourth-order valence-electron chi connectivity index (χ4n) is 2.56. The number of nitrogen functional groups attached to an aromatic ring is 2. The van der Waals surface area contributed by atoms with Gasteiger partial charge in [0.25, 0.3) is 0 Å². The van der Waals surface area contributed by atoms with Gasteiger partial charge < -0.3 is 16.8 Å². The number of amides is 1. The Labute approximate surface area is 156 Å². The third-order valence-electron chi connectivity index (χ3n) is 3.74. The van der Waals surface area contributed by atoms with Gasteiger partial charge in [-0.25, -0.2) is 4.98 Å². The normalized spacial score (nSPS) is 11.6. The summed E-state index contributed by atoms with van der Waals surface area (Å²) in [5.41, 5.74) is 11.4. The van der Waals surface area contributed by atoms with Crippen LogP contribution in [0.25, 0.3) is 10.9 Å². The van der Waals surface area contributed by atoms with Crippen molar-refractivity contribution in [3.8, 4) is 0 Å². The highest BCUT2D eigenvalue weighted by molar-refractivity contribution is 6.39. The van der Waals surface area contributed by atoms with E-state index < -0.39 is 17.6 Å². The molecule has 0 atom stereocenters. The Morgan fingerprint density at radius 3 is 2.59 bits per heavy atom. The summed E-state index contributed by atoms with van der Waals surface area (Å²) >= 11 is 6.27. The first-order valence-corrected chi connectivity index (χ1v) is 8.00. The Hall–Kier alpha value is -3.07. The van der Waals surface area contributed by atoms with Gasteiger partial charge >= 0.3 is 6.18 Å². The molecule has 0 aliphatic carbocycles. The number of carbonyl (C=O) groups excluding carboxylic acids is 1. The number of halogens is 4. The van der Waals surface area contributed by atoms with Crippen LogP contribution in [0.1, 0.15) is 11.1 Å². The molecule has 1 aromatic heterocycles. The summed E-state index contributed by atoms with van der Waals surface area (Å²) < 4.78 is 38.3. The lowest BCUT2D eigenvalue weighted by atomic mass is 10.1. The molecule has 0 radical (unpaired) electrons. The van der Waals surface area contributed by atoms with Gasteiger partial charge in [-0.15, -0.1) is 0 Å². The molecule has 0 fully saturated rings. The lowest BCUT2D eigenvalue weighted by molar-refractivity contribution is -0.137. The van der Waals surface area contributed by atoms with Crippen LogP contribution in [0.4, 0.5) is 30.6 Å². The summed E-state index contributed by atoms with van der Waals surface area (Å²) in [6, 6.07) is 7.60. The number of benzene rings is 2. The van der Waals surface area contributed by atoms with Crippen molar-refractivity contribution in [1.82, 2.24) is 9.97 Å². The second-order valence-corrected chi connectivity index (χ2v) is 6.09. The van der Waals surface area contributed by atoms with E-state index in [9.17, 15) is 18.0 Å². The van der Waals surface area contributed by atoms with Gasteiger partial charge in [0.1, 0.15) is 5.82 Å². The average molecular weight is 396 g/mol. The lowest BCUT2D eigenvalue weighted by Gasteiger charge is -2.12. The molecule has 0 aliphatic heterocycles. The van der Waals surface area contributed by atoms with Crippen molar-refractivity contribution >= 4 is 45.9 Å². The third kappa shape index (κ3) is 4.03. The van der Waals surface area contributed by atoms with Crippen LogP contribution in [0.15, 0.2) is 36.4 Å². The number of hydrogen-bond donors (Lipinski definition) is 3. The van der Waals surface area contributed by atoms with Gasteiger partial charge in [-0.05, 0) is 23.8 Å². The second-order valence-electron chi connectivity index (χ2n) is 5.71. The average Bonchev–Trinajstić information content (AvgIpc) is 2.56. The molecule has 27 heavy (non-hydrogen) atoms. The highest BCUT2D eigenvalue weighted by atomic mass is 35.5. The predicted molar refractivity (Wildman–Crippen MR) is 97.2 cm³/mol. The molecule has 3 rings (SSSR count). The Bertz CT molecular complexity index is 1040. The van der Waals surface area contributed by atoms with Gasteiger partial charge in [-0.3, -0.25) is 4.79 Å². The van der Waals surface area contributed by atoms with E-state index in [-0.39, 0.29) is 34.5 Å². The largest absolute Gasteiger partial charge is 0.416 e. The van der Waals surface area contributed by atoms with E-state index in [4.69, 9.17) is 23.1 Å². The molecule has 10 heteroatoms. The van der Waals surface area contributed by atoms with Gasteiger partial charge in [0.2, 0.25) is 11.9 Å². The van der Waals surface area contributed by atoms with Crippen molar-refractivity contribution in [2.75, 3.05) is 16.8 Å². The Morgan fingerprint density at radius 2 is 1.89 bits per heavy atom. The summed E-state index contributed by atoms with van der Waals surface area (Å²) in [5, 5.41) is 2.99. The van der Waals surface area contributed by atoms with Crippen LogP contribution in [0.3, 0.4) is 0 Å². The number of aromatic nitrogens is 2. The number of nitrogens with two attached hydrogens (primary N) is 2. The number of alkyl halides is 3. The van der Waals surface area contributed by atoms with E-state index >= 15 is 0 Å². The number of fused-ring (bicyclic) bond motifs is 1. The number of rotatable bonds is 3. The van der Waals surface area contributed by atoms with Crippen LogP contribution in [0.2, 0.25) is 5.02 Å². The molecule has 140 valence electrons. The van der Waals surface area contributed by atoms with Crippen LogP contribution in [-0.2, 0) is 17.4 Å². The van der Waals surface area contributed by atoms with Gasteiger partial charge in [0, 0.05) is 0 Å². The van der Waals surface area contributed by atoms with E-state index in [1.807, 2.05) is 0 Å². The fourth-order valence-corrected chi connectivity index (χ4v) is 2.87. The molecule has 2 aromatic carbocycles. The second kappa shape index (κ2) is 6.92. The van der Waals surface area contributed by atoms with Crippen LogP contribution >= 0.6 is 11.6 Å².